The van der Waals surface area contributed by atoms with E-state index >= 15 is 0 Å². The van der Waals surface area contributed by atoms with Crippen LogP contribution in [0.4, 0.5) is 0 Å². The minimum atomic E-state index is 1.25. The van der Waals surface area contributed by atoms with E-state index in [1.165, 1.54) is 84.3 Å². The minimum absolute atomic E-state index is 1.25. The first-order chi connectivity index (χ1) is 21.2. The molecule has 0 heteroatoms. The Bertz CT molecular complexity index is 1410. The molecule has 0 nitrogen and oxygen atoms in total. The van der Waals surface area contributed by atoms with E-state index in [2.05, 4.69) is 194 Å². The predicted octanol–water partition coefficient (Wildman–Crippen LogP) is 13.5. The summed E-state index contributed by atoms with van der Waals surface area (Å²) in [5.74, 6) is 0. The smallest absolute Gasteiger partial charge is 0.0181 e. The molecule has 0 saturated heterocycles. The van der Waals surface area contributed by atoms with Gasteiger partial charge < -0.3 is 0 Å². The van der Waals surface area contributed by atoms with Gasteiger partial charge >= 0.3 is 0 Å². The van der Waals surface area contributed by atoms with Gasteiger partial charge in [-0.1, -0.05) is 117 Å². The van der Waals surface area contributed by atoms with Gasteiger partial charge in [0.1, 0.15) is 0 Å². The van der Waals surface area contributed by atoms with Crippen LogP contribution in [0.15, 0.2) is 97.1 Å². The first-order valence-corrected chi connectivity index (χ1v) is 16.4. The zero-order chi connectivity index (χ0) is 34.1. The molecule has 0 aliphatic heterocycles. The van der Waals surface area contributed by atoms with Gasteiger partial charge in [-0.05, 0) is 161 Å². The molecule has 0 amide bonds. The van der Waals surface area contributed by atoms with E-state index in [4.69, 9.17) is 0 Å². The Balaban J connectivity index is 0.000000304. The molecule has 0 aromatic heterocycles. The van der Waals surface area contributed by atoms with E-state index in [1.54, 1.807) is 0 Å². The molecular weight excluding hydrogens is 540 g/mol. The van der Waals surface area contributed by atoms with Crippen molar-refractivity contribution >= 4 is 0 Å². The molecule has 0 radical (unpaired) electrons. The fourth-order valence-electron chi connectivity index (χ4n) is 4.27. The van der Waals surface area contributed by atoms with Crippen molar-refractivity contribution in [1.82, 2.24) is 0 Å². The quantitative estimate of drug-likeness (QED) is 0.179. The van der Waals surface area contributed by atoms with Gasteiger partial charge in [0.15, 0.2) is 0 Å². The second kappa shape index (κ2) is 20.2. The lowest BCUT2D eigenvalue weighted by atomic mass is 9.98. The van der Waals surface area contributed by atoms with E-state index in [-0.39, 0.29) is 0 Å². The Morgan fingerprint density at radius 1 is 0.267 bits per heavy atom. The molecule has 5 rings (SSSR count). The van der Waals surface area contributed by atoms with Gasteiger partial charge in [-0.15, -0.1) is 0 Å². The molecule has 0 unspecified atom stereocenters. The maximum Gasteiger partial charge on any atom is -0.0181 e. The van der Waals surface area contributed by atoms with Crippen LogP contribution in [0.5, 0.6) is 0 Å². The summed E-state index contributed by atoms with van der Waals surface area (Å²) in [5.41, 5.74) is 19.1. The van der Waals surface area contributed by atoms with Gasteiger partial charge in [-0.25, -0.2) is 0 Å². The van der Waals surface area contributed by atoms with Gasteiger partial charge in [0.05, 0.1) is 0 Å². The van der Waals surface area contributed by atoms with Crippen molar-refractivity contribution in [2.24, 2.45) is 0 Å². The van der Waals surface area contributed by atoms with Crippen LogP contribution in [0.3, 0.4) is 0 Å². The normalized spacial score (nSPS) is 9.64. The average molecular weight is 601 g/mol. The van der Waals surface area contributed by atoms with Crippen LogP contribution < -0.4 is 0 Å². The van der Waals surface area contributed by atoms with E-state index in [1.807, 2.05) is 0 Å². The van der Waals surface area contributed by atoms with E-state index < -0.39 is 0 Å². The van der Waals surface area contributed by atoms with Crippen LogP contribution in [0, 0.1) is 83.1 Å². The molecule has 0 spiro atoms. The van der Waals surface area contributed by atoms with Gasteiger partial charge in [0.25, 0.3) is 0 Å². The van der Waals surface area contributed by atoms with Crippen LogP contribution >= 0.6 is 0 Å². The highest BCUT2D eigenvalue weighted by Gasteiger charge is 2.01. The highest BCUT2D eigenvalue weighted by atomic mass is 14.1. The highest BCUT2D eigenvalue weighted by molar-refractivity contribution is 5.66. The third kappa shape index (κ3) is 14.2. The topological polar surface area (TPSA) is 0 Å². The summed E-state index contributed by atoms with van der Waals surface area (Å²) in [6.07, 6.45) is 1.25. The van der Waals surface area contributed by atoms with E-state index in [0.29, 0.717) is 0 Å². The van der Waals surface area contributed by atoms with Crippen LogP contribution in [-0.2, 0) is 0 Å². The maximum absolute atomic E-state index is 2.26. The largest absolute Gasteiger partial charge is 0.0656 e. The molecule has 0 bridgehead atoms. The second-order valence-corrected chi connectivity index (χ2v) is 12.5. The van der Waals surface area contributed by atoms with Gasteiger partial charge in [-0.2, -0.15) is 0 Å². The Morgan fingerprint density at radius 3 is 0.667 bits per heavy atom. The second-order valence-electron chi connectivity index (χ2n) is 12.5. The summed E-state index contributed by atoms with van der Waals surface area (Å²) < 4.78 is 0. The molecular formula is C45H60. The van der Waals surface area contributed by atoms with Gasteiger partial charge in [0, 0.05) is 0 Å². The molecule has 5 aromatic carbocycles. The number of hydrogen-bond acceptors (Lipinski definition) is 0. The molecule has 0 heterocycles. The molecule has 45 heavy (non-hydrogen) atoms. The molecule has 0 fully saturated rings. The van der Waals surface area contributed by atoms with E-state index in [9.17, 15) is 0 Å². The first kappa shape index (κ1) is 39.1. The van der Waals surface area contributed by atoms with Crippen molar-refractivity contribution in [2.75, 3.05) is 0 Å². The van der Waals surface area contributed by atoms with Gasteiger partial charge in [-0.3, -0.25) is 0 Å². The lowest BCUT2D eigenvalue weighted by Crippen LogP contribution is -1.86. The summed E-state index contributed by atoms with van der Waals surface area (Å²) in [4.78, 5) is 0. The van der Waals surface area contributed by atoms with Crippen molar-refractivity contribution in [3.05, 3.63) is 164 Å². The fourth-order valence-corrected chi connectivity index (χ4v) is 4.27. The van der Waals surface area contributed by atoms with Crippen LogP contribution in [0.25, 0.3) is 11.1 Å². The maximum atomic E-state index is 2.26. The summed E-state index contributed by atoms with van der Waals surface area (Å²) in [6, 6.07) is 34.5. The average Bonchev–Trinajstić information content (AvgIpc) is 2.99. The molecule has 0 N–H and O–H groups in total. The summed E-state index contributed by atoms with van der Waals surface area (Å²) in [7, 11) is 0. The monoisotopic (exact) mass is 600 g/mol. The van der Waals surface area contributed by atoms with Gasteiger partial charge in [0.2, 0.25) is 0 Å². The molecule has 0 atom stereocenters. The Morgan fingerprint density at radius 2 is 0.467 bits per heavy atom. The zero-order valence-electron chi connectivity index (χ0n) is 30.9. The van der Waals surface area contributed by atoms with Crippen molar-refractivity contribution < 1.29 is 0 Å². The lowest BCUT2D eigenvalue weighted by molar-refractivity contribution is 1.09. The molecule has 0 aliphatic carbocycles. The zero-order valence-corrected chi connectivity index (χ0v) is 30.9. The summed E-state index contributed by atoms with van der Waals surface area (Å²) in [5, 5.41) is 0. The summed E-state index contributed by atoms with van der Waals surface area (Å²) >= 11 is 0. The first-order valence-electron chi connectivity index (χ1n) is 16.4. The minimum Gasteiger partial charge on any atom is -0.0656 e. The lowest BCUT2D eigenvalue weighted by Gasteiger charge is -2.08. The number of aryl methyl sites for hydroxylation is 12. The molecule has 0 saturated carbocycles. The third-order valence-electron chi connectivity index (χ3n) is 8.31. The van der Waals surface area contributed by atoms with Crippen molar-refractivity contribution in [3.63, 3.8) is 0 Å². The third-order valence-corrected chi connectivity index (χ3v) is 8.31. The van der Waals surface area contributed by atoms with Crippen LogP contribution in [0.2, 0.25) is 0 Å². The molecule has 240 valence electrons. The fraction of sp³-hybridized carbons (Fsp3) is 0.333. The molecule has 0 aliphatic rings. The van der Waals surface area contributed by atoms with Crippen molar-refractivity contribution in [2.45, 2.75) is 103 Å². The SMILES string of the molecule is CCC.Cc1cc(C)c(C)cc1C.Cc1ccc(-c2ccc(C)c(C)c2)cc1C.Cc1ccccc1C.Cc1ccccc1C. The van der Waals surface area contributed by atoms with Crippen LogP contribution in [0.1, 0.15) is 87.0 Å². The van der Waals surface area contributed by atoms with Crippen molar-refractivity contribution in [3.8, 4) is 11.1 Å². The highest BCUT2D eigenvalue weighted by Crippen LogP contribution is 2.24. The van der Waals surface area contributed by atoms with E-state index in [0.717, 1.165) is 0 Å². The molecule has 5 aromatic rings. The summed E-state index contributed by atoms with van der Waals surface area (Å²) in [6.45, 7) is 30.0. The number of benzene rings is 5. The van der Waals surface area contributed by atoms with Crippen molar-refractivity contribution in [1.29, 1.82) is 0 Å². The number of hydrogen-bond donors (Lipinski definition) is 0. The Labute approximate surface area is 277 Å². The Kier molecular flexibility index (Phi) is 17.6. The number of rotatable bonds is 1. The standard InChI is InChI=1S/C16H18.C10H14.2C8H10.C3H8/c1-11-5-7-15(9-13(11)3)16-8-6-12(2)14(4)10-16;1-7-5-9(3)10(4)6-8(7)2;2*1-7-5-3-4-6-8(7)2;1-3-2/h5-10H,1-4H3;5-6H,1-4H3;2*3-6H,1-2H3;3H2,1-2H3. The Hall–Kier alpha value is -3.90. The predicted molar refractivity (Wildman–Crippen MR) is 204 cm³/mol. The van der Waals surface area contributed by atoms with Crippen LogP contribution in [-0.4, -0.2) is 0 Å².